The molecule has 2 aliphatic heterocycles. The number of hydrogen-bond donors (Lipinski definition) is 1. The van der Waals surface area contributed by atoms with Crippen LogP contribution in [-0.2, 0) is 4.74 Å². The summed E-state index contributed by atoms with van der Waals surface area (Å²) >= 11 is 5.10. The fraction of sp³-hybridized carbons (Fsp3) is 0.571. The van der Waals surface area contributed by atoms with Crippen LogP contribution >= 0.6 is 12.2 Å². The van der Waals surface area contributed by atoms with Crippen LogP contribution in [0, 0.1) is 0 Å². The van der Waals surface area contributed by atoms with Gasteiger partial charge in [0.1, 0.15) is 10.7 Å². The van der Waals surface area contributed by atoms with E-state index in [1.807, 2.05) is 6.07 Å². The van der Waals surface area contributed by atoms with Crippen molar-refractivity contribution in [1.82, 2.24) is 9.88 Å². The molecule has 1 aromatic heterocycles. The van der Waals surface area contributed by atoms with E-state index in [1.165, 1.54) is 6.42 Å². The first kappa shape index (κ1) is 13.7. The fourth-order valence-corrected chi connectivity index (χ4v) is 3.20. The van der Waals surface area contributed by atoms with Gasteiger partial charge in [-0.25, -0.2) is 0 Å². The van der Waals surface area contributed by atoms with Crippen LogP contribution in [0.25, 0.3) is 0 Å². The van der Waals surface area contributed by atoms with E-state index in [-0.39, 0.29) is 0 Å². The number of thiocarbonyl (C=S) groups is 1. The molecule has 0 bridgehead atoms. The van der Waals surface area contributed by atoms with Crippen LogP contribution < -0.4 is 10.6 Å². The summed E-state index contributed by atoms with van der Waals surface area (Å²) in [7, 11) is 0. The molecule has 108 valence electrons. The Morgan fingerprint density at radius 2 is 2.15 bits per heavy atom. The molecule has 0 radical (unpaired) electrons. The van der Waals surface area contributed by atoms with Crippen LogP contribution in [0.1, 0.15) is 12.1 Å². The quantitative estimate of drug-likeness (QED) is 0.825. The van der Waals surface area contributed by atoms with Crippen LogP contribution in [0.4, 0.5) is 5.69 Å². The first-order chi connectivity index (χ1) is 9.75. The zero-order valence-electron chi connectivity index (χ0n) is 11.5. The number of aromatic nitrogens is 1. The topological polar surface area (TPSA) is 54.6 Å². The first-order valence-corrected chi connectivity index (χ1v) is 7.48. The molecule has 2 N–H and O–H groups in total. The Morgan fingerprint density at radius 3 is 2.90 bits per heavy atom. The first-order valence-electron chi connectivity index (χ1n) is 7.07. The SMILES string of the molecule is NC(=S)c1ncccc1N1CCC(N2CCOCC2)C1. The van der Waals surface area contributed by atoms with Crippen LogP contribution in [0.5, 0.6) is 0 Å². The van der Waals surface area contributed by atoms with Crippen molar-refractivity contribution in [3.63, 3.8) is 0 Å². The van der Waals surface area contributed by atoms with Gasteiger partial charge < -0.3 is 15.4 Å². The van der Waals surface area contributed by atoms with Crippen molar-refractivity contribution in [3.05, 3.63) is 24.0 Å². The Kier molecular flexibility index (Phi) is 4.14. The molecule has 1 unspecified atom stereocenters. The minimum Gasteiger partial charge on any atom is -0.388 e. The molecular formula is C14H20N4OS. The van der Waals surface area contributed by atoms with E-state index in [0.717, 1.165) is 50.8 Å². The molecule has 5 nitrogen and oxygen atoms in total. The van der Waals surface area contributed by atoms with Gasteiger partial charge >= 0.3 is 0 Å². The Labute approximate surface area is 124 Å². The van der Waals surface area contributed by atoms with Gasteiger partial charge in [-0.05, 0) is 18.6 Å². The molecule has 0 aromatic carbocycles. The maximum absolute atomic E-state index is 5.77. The second-order valence-corrected chi connectivity index (χ2v) is 5.71. The monoisotopic (exact) mass is 292 g/mol. The molecule has 0 saturated carbocycles. The number of anilines is 1. The molecule has 2 aliphatic rings. The van der Waals surface area contributed by atoms with E-state index in [9.17, 15) is 0 Å². The highest BCUT2D eigenvalue weighted by Crippen LogP contribution is 2.25. The summed E-state index contributed by atoms with van der Waals surface area (Å²) < 4.78 is 5.42. The van der Waals surface area contributed by atoms with Gasteiger partial charge in [0, 0.05) is 38.4 Å². The fourth-order valence-electron chi connectivity index (χ4n) is 3.04. The largest absolute Gasteiger partial charge is 0.388 e. The lowest BCUT2D eigenvalue weighted by Crippen LogP contribution is -2.44. The Hall–Kier alpha value is -1.24. The highest BCUT2D eigenvalue weighted by atomic mass is 32.1. The van der Waals surface area contributed by atoms with Gasteiger partial charge in [-0.1, -0.05) is 12.2 Å². The molecule has 3 heterocycles. The third-order valence-electron chi connectivity index (χ3n) is 4.09. The summed E-state index contributed by atoms with van der Waals surface area (Å²) in [4.78, 5) is 9.57. The molecule has 2 saturated heterocycles. The van der Waals surface area contributed by atoms with Crippen molar-refractivity contribution in [2.24, 2.45) is 5.73 Å². The molecule has 0 aliphatic carbocycles. The van der Waals surface area contributed by atoms with E-state index >= 15 is 0 Å². The number of rotatable bonds is 3. The van der Waals surface area contributed by atoms with Crippen LogP contribution in [0.15, 0.2) is 18.3 Å². The third-order valence-corrected chi connectivity index (χ3v) is 4.28. The molecule has 3 rings (SSSR count). The predicted molar refractivity (Wildman–Crippen MR) is 83.1 cm³/mol. The van der Waals surface area contributed by atoms with E-state index in [0.29, 0.717) is 11.0 Å². The predicted octanol–water partition coefficient (Wildman–Crippen LogP) is 0.627. The maximum Gasteiger partial charge on any atom is 0.124 e. The van der Waals surface area contributed by atoms with E-state index in [2.05, 4.69) is 20.9 Å². The summed E-state index contributed by atoms with van der Waals surface area (Å²) in [6, 6.07) is 4.60. The van der Waals surface area contributed by atoms with Gasteiger partial charge in [0.25, 0.3) is 0 Å². The van der Waals surface area contributed by atoms with Crippen LogP contribution in [-0.4, -0.2) is 60.3 Å². The Morgan fingerprint density at radius 1 is 1.35 bits per heavy atom. The molecule has 0 amide bonds. The number of ether oxygens (including phenoxy) is 1. The van der Waals surface area contributed by atoms with Crippen LogP contribution in [0.3, 0.4) is 0 Å². The Bertz CT molecular complexity index is 490. The average molecular weight is 292 g/mol. The number of pyridine rings is 1. The van der Waals surface area contributed by atoms with Crippen molar-refractivity contribution >= 4 is 22.9 Å². The maximum atomic E-state index is 5.77. The third kappa shape index (κ3) is 2.77. The average Bonchev–Trinajstić information content (AvgIpc) is 2.98. The highest BCUT2D eigenvalue weighted by molar-refractivity contribution is 7.80. The number of hydrogen-bond acceptors (Lipinski definition) is 5. The molecular weight excluding hydrogens is 272 g/mol. The molecule has 6 heteroatoms. The lowest BCUT2D eigenvalue weighted by molar-refractivity contribution is 0.0209. The smallest absolute Gasteiger partial charge is 0.124 e. The van der Waals surface area contributed by atoms with E-state index in [1.54, 1.807) is 6.20 Å². The molecule has 20 heavy (non-hydrogen) atoms. The highest BCUT2D eigenvalue weighted by Gasteiger charge is 2.30. The molecule has 1 atom stereocenters. The minimum absolute atomic E-state index is 0.371. The second-order valence-electron chi connectivity index (χ2n) is 5.27. The minimum atomic E-state index is 0.371. The zero-order chi connectivity index (χ0) is 13.9. The van der Waals surface area contributed by atoms with Gasteiger partial charge in [0.15, 0.2) is 0 Å². The zero-order valence-corrected chi connectivity index (χ0v) is 12.3. The number of nitrogens with two attached hydrogens (primary N) is 1. The number of nitrogens with zero attached hydrogens (tertiary/aromatic N) is 3. The van der Waals surface area contributed by atoms with Gasteiger partial charge in [0.05, 0.1) is 18.9 Å². The number of morpholine rings is 1. The van der Waals surface area contributed by atoms with Gasteiger partial charge in [-0.2, -0.15) is 0 Å². The summed E-state index contributed by atoms with van der Waals surface area (Å²) in [6.45, 7) is 5.81. The molecule has 2 fully saturated rings. The van der Waals surface area contributed by atoms with Gasteiger partial charge in [0.2, 0.25) is 0 Å². The van der Waals surface area contributed by atoms with Crippen molar-refractivity contribution in [3.8, 4) is 0 Å². The van der Waals surface area contributed by atoms with Crippen molar-refractivity contribution in [2.75, 3.05) is 44.3 Å². The standard InChI is InChI=1S/C14H20N4OS/c15-14(20)13-12(2-1-4-16-13)18-5-3-11(10-18)17-6-8-19-9-7-17/h1-2,4,11H,3,5-10H2,(H2,15,20). The molecule has 1 aromatic rings. The molecule has 0 spiro atoms. The van der Waals surface area contributed by atoms with Gasteiger partial charge in [-0.15, -0.1) is 0 Å². The van der Waals surface area contributed by atoms with Gasteiger partial charge in [-0.3, -0.25) is 9.88 Å². The second kappa shape index (κ2) is 6.03. The summed E-state index contributed by atoms with van der Waals surface area (Å²) in [5.74, 6) is 0. The summed E-state index contributed by atoms with van der Waals surface area (Å²) in [6.07, 6.45) is 2.92. The van der Waals surface area contributed by atoms with Crippen molar-refractivity contribution in [2.45, 2.75) is 12.5 Å². The normalized spacial score (nSPS) is 24.0. The van der Waals surface area contributed by atoms with E-state index < -0.39 is 0 Å². The summed E-state index contributed by atoms with van der Waals surface area (Å²) in [5, 5.41) is 0. The summed E-state index contributed by atoms with van der Waals surface area (Å²) in [5.41, 5.74) is 7.58. The van der Waals surface area contributed by atoms with Crippen molar-refractivity contribution in [1.29, 1.82) is 0 Å². The van der Waals surface area contributed by atoms with E-state index in [4.69, 9.17) is 22.7 Å². The Balaban J connectivity index is 1.72. The lowest BCUT2D eigenvalue weighted by atomic mass is 10.2. The van der Waals surface area contributed by atoms with Crippen LogP contribution in [0.2, 0.25) is 0 Å². The van der Waals surface area contributed by atoms with Crippen molar-refractivity contribution < 1.29 is 4.74 Å². The lowest BCUT2D eigenvalue weighted by Gasteiger charge is -2.32.